The second kappa shape index (κ2) is 17.0. The Bertz CT molecular complexity index is 1990. The van der Waals surface area contributed by atoms with Crippen molar-refractivity contribution >= 4 is 29.1 Å². The smallest absolute Gasteiger partial charge is 0.198 e. The predicted molar refractivity (Wildman–Crippen MR) is 217 cm³/mol. The molecule has 0 bridgehead atoms. The summed E-state index contributed by atoms with van der Waals surface area (Å²) in [6.07, 6.45) is -7.79. The Morgan fingerprint density at radius 2 is 1.45 bits per heavy atom. The van der Waals surface area contributed by atoms with E-state index in [0.717, 1.165) is 11.8 Å². The van der Waals surface area contributed by atoms with E-state index in [4.69, 9.17) is 33.2 Å². The first-order valence-corrected chi connectivity index (χ1v) is 22.7. The molecule has 7 aliphatic rings. The third-order valence-corrected chi connectivity index (χ3v) is 14.6. The van der Waals surface area contributed by atoms with Gasteiger partial charge in [0, 0.05) is 60.1 Å². The van der Waals surface area contributed by atoms with Gasteiger partial charge in [0.05, 0.1) is 71.7 Å². The van der Waals surface area contributed by atoms with Crippen molar-refractivity contribution in [2.75, 3.05) is 6.26 Å². The lowest BCUT2D eigenvalue weighted by Gasteiger charge is -2.56. The summed E-state index contributed by atoms with van der Waals surface area (Å²) < 4.78 is 42.9. The van der Waals surface area contributed by atoms with Gasteiger partial charge in [0.25, 0.3) is 0 Å². The van der Waals surface area contributed by atoms with Gasteiger partial charge in [-0.1, -0.05) is 6.07 Å². The maximum Gasteiger partial charge on any atom is 0.198 e. The van der Waals surface area contributed by atoms with Crippen LogP contribution in [0.25, 0.3) is 0 Å². The van der Waals surface area contributed by atoms with Gasteiger partial charge in [-0.05, 0) is 65.9 Å². The minimum atomic E-state index is -2.49. The molecule has 1 aromatic rings. The van der Waals surface area contributed by atoms with Gasteiger partial charge in [-0.15, -0.1) is 11.8 Å². The van der Waals surface area contributed by atoms with Crippen molar-refractivity contribution in [3.8, 4) is 5.75 Å². The number of carbonyl (C=O) groups excluding carboxylic acids is 3. The van der Waals surface area contributed by atoms with Crippen LogP contribution in [0, 0.1) is 0 Å². The number of phenolic OH excluding ortho intramolecular Hbond substituents is 1. The first kappa shape index (κ1) is 45.9. The number of thioether (sulfide) groups is 1. The van der Waals surface area contributed by atoms with Gasteiger partial charge in [-0.2, -0.15) is 0 Å². The molecule has 62 heavy (non-hydrogen) atoms. The summed E-state index contributed by atoms with van der Waals surface area (Å²) in [5.41, 5.74) is -7.63. The summed E-state index contributed by atoms with van der Waals surface area (Å²) in [6, 6.07) is 2.76. The fourth-order valence-corrected chi connectivity index (χ4v) is 11.2. The molecule has 17 nitrogen and oxygen atoms in total. The average Bonchev–Trinajstić information content (AvgIpc) is 3.19. The van der Waals surface area contributed by atoms with Crippen LogP contribution in [0.3, 0.4) is 0 Å². The number of ether oxygens (including phenoxy) is 7. The van der Waals surface area contributed by atoms with Gasteiger partial charge in [0.2, 0.25) is 0 Å². The van der Waals surface area contributed by atoms with Gasteiger partial charge in [0.15, 0.2) is 41.8 Å². The van der Waals surface area contributed by atoms with E-state index in [1.165, 1.54) is 25.1 Å². The number of hydrogen-bond acceptors (Lipinski definition) is 18. The highest BCUT2D eigenvalue weighted by molar-refractivity contribution is 8.02. The van der Waals surface area contributed by atoms with E-state index in [1.807, 2.05) is 6.92 Å². The van der Waals surface area contributed by atoms with Crippen LogP contribution < -0.4 is 0 Å². The highest BCUT2D eigenvalue weighted by atomic mass is 32.2. The third kappa shape index (κ3) is 7.74. The summed E-state index contributed by atoms with van der Waals surface area (Å²) in [5.74, 6) is -3.03. The third-order valence-electron chi connectivity index (χ3n) is 13.7. The summed E-state index contributed by atoms with van der Waals surface area (Å²) in [4.78, 5) is 44.2. The van der Waals surface area contributed by atoms with Crippen LogP contribution in [0.5, 0.6) is 5.75 Å². The average molecular weight is 891 g/mol. The predicted octanol–water partition coefficient (Wildman–Crippen LogP) is 2.18. The lowest BCUT2D eigenvalue weighted by molar-refractivity contribution is -0.309. The number of ketones is 3. The minimum Gasteiger partial charge on any atom is -0.507 e. The monoisotopic (exact) mass is 890 g/mol. The number of Topliss-reactive ketones (excluding diaryl/α,β-unsaturated/α-hetero) is 3. The summed E-state index contributed by atoms with van der Waals surface area (Å²) >= 11 is 1.02. The van der Waals surface area contributed by atoms with Crippen LogP contribution in [0.2, 0.25) is 0 Å². The maximum atomic E-state index is 14.8. The number of carbonyl (C=O) groups is 3. The van der Waals surface area contributed by atoms with Gasteiger partial charge in [0.1, 0.15) is 23.6 Å². The normalized spacial score (nSPS) is 45.0. The Morgan fingerprint density at radius 3 is 2.11 bits per heavy atom. The number of fused-ring (bicyclic) bond motifs is 3. The molecule has 8 rings (SSSR count). The number of hydrogen-bond donors (Lipinski definition) is 7. The zero-order chi connectivity index (χ0) is 44.8. The number of phenols is 1. The number of allylic oxidation sites excluding steroid dienone is 2. The summed E-state index contributed by atoms with van der Waals surface area (Å²) in [6.45, 7) is 8.21. The summed E-state index contributed by atoms with van der Waals surface area (Å²) in [5, 5.41) is 77.8. The second-order valence-electron chi connectivity index (χ2n) is 18.3. The minimum absolute atomic E-state index is 0.0553. The zero-order valence-electron chi connectivity index (χ0n) is 35.6. The first-order chi connectivity index (χ1) is 29.2. The fraction of sp³-hybridized carbons (Fsp3) is 0.705. The van der Waals surface area contributed by atoms with Crippen molar-refractivity contribution in [3.63, 3.8) is 0 Å². The second-order valence-corrected chi connectivity index (χ2v) is 19.1. The number of benzene rings is 1. The lowest BCUT2D eigenvalue weighted by atomic mass is 9.57. The van der Waals surface area contributed by atoms with E-state index < -0.39 is 138 Å². The molecule has 0 radical (unpaired) electrons. The molecule has 3 aliphatic carbocycles. The molecular formula is C44H58O17S. The van der Waals surface area contributed by atoms with Gasteiger partial charge in [-0.3, -0.25) is 14.4 Å². The molecule has 7 N–H and O–H groups in total. The Morgan fingerprint density at radius 1 is 0.758 bits per heavy atom. The largest absolute Gasteiger partial charge is 0.507 e. The van der Waals surface area contributed by atoms with E-state index in [1.54, 1.807) is 27.0 Å². The van der Waals surface area contributed by atoms with E-state index in [0.29, 0.717) is 12.8 Å². The molecule has 0 spiro atoms. The molecule has 18 heteroatoms. The van der Waals surface area contributed by atoms with Crippen molar-refractivity contribution in [1.29, 1.82) is 0 Å². The number of rotatable bonds is 8. The molecule has 1 aromatic carbocycles. The first-order valence-electron chi connectivity index (χ1n) is 21.5. The van der Waals surface area contributed by atoms with Crippen LogP contribution >= 0.6 is 11.8 Å². The molecule has 4 heterocycles. The highest BCUT2D eigenvalue weighted by Gasteiger charge is 2.71. The van der Waals surface area contributed by atoms with Crippen molar-refractivity contribution in [3.05, 3.63) is 51.0 Å². The van der Waals surface area contributed by atoms with Crippen molar-refractivity contribution < 1.29 is 83.3 Å². The van der Waals surface area contributed by atoms with Crippen LogP contribution in [0.4, 0.5) is 0 Å². The maximum absolute atomic E-state index is 14.8. The van der Waals surface area contributed by atoms with Gasteiger partial charge >= 0.3 is 0 Å². The van der Waals surface area contributed by atoms with Crippen molar-refractivity contribution in [1.82, 2.24) is 0 Å². The Kier molecular flexibility index (Phi) is 12.6. The van der Waals surface area contributed by atoms with E-state index >= 15 is 0 Å². The van der Waals surface area contributed by atoms with Crippen LogP contribution in [0.1, 0.15) is 118 Å². The topological polar surface area (TPSA) is 257 Å². The van der Waals surface area contributed by atoms with Crippen LogP contribution in [0.15, 0.2) is 34.3 Å². The molecule has 5 fully saturated rings. The number of aromatic hydroxyl groups is 1. The van der Waals surface area contributed by atoms with Gasteiger partial charge in [-0.25, -0.2) is 0 Å². The number of aliphatic hydroxyl groups is 6. The molecule has 0 unspecified atom stereocenters. The van der Waals surface area contributed by atoms with Crippen molar-refractivity contribution in [2.45, 2.75) is 189 Å². The molecule has 342 valence electrons. The van der Waals surface area contributed by atoms with E-state index in [-0.39, 0.29) is 59.0 Å². The standard InChI is InChI=1S/C44H58O17S/c1-18-25(45)9-11-33(56-18)61-44-30(48)16-42(5,53)17-43(44,54)31(62-6)13-24-36(44)40(52)23-8-7-22(38(50)35(23)39(24)51)29-14-27(47)41(21(4)55-29)60-32-12-10-28(19(2)57-32)59-34-15-26(46)37(49)20(3)58-34/h7-8,13,18-21,25-29,32-34,37,41,45-47,49-50,53-54H,9-12,14-17H2,1-6H3/t18-,19-,20+,21+,25-,26+,27+,28-,29+,32-,33-,34-,37+,41+,42-,43+,44-/m0/s1. The Labute approximate surface area is 363 Å². The van der Waals surface area contributed by atoms with Crippen molar-refractivity contribution in [2.24, 2.45) is 0 Å². The highest BCUT2D eigenvalue weighted by Crippen LogP contribution is 2.58. The molecule has 0 aromatic heterocycles. The van der Waals surface area contributed by atoms with Crippen LogP contribution in [-0.2, 0) is 38.0 Å². The number of aliphatic hydroxyl groups excluding tert-OH is 4. The zero-order valence-corrected chi connectivity index (χ0v) is 36.4. The van der Waals surface area contributed by atoms with E-state index in [2.05, 4.69) is 0 Å². The molecule has 1 saturated carbocycles. The fourth-order valence-electron chi connectivity index (χ4n) is 10.4. The Balaban J connectivity index is 1.02. The molecule has 0 amide bonds. The van der Waals surface area contributed by atoms with E-state index in [9.17, 15) is 50.1 Å². The molecule has 17 atom stereocenters. The quantitative estimate of drug-likeness (QED) is 0.197. The lowest BCUT2D eigenvalue weighted by Crippen LogP contribution is -2.72. The Hall–Kier alpha value is -2.66. The SMILES string of the molecule is CSC1=CC2=C(C(=O)c3ccc([C@H]4C[C@@H](O)[C@H](O[C@H]5CC[C@H](O[C@H]6C[C@@H](O)[C@H](O)[C@@H](C)O6)[C@H](C)O5)[C@@H](C)O4)c(O)c3C2=O)[C@@]2(O[C@H]3CC[C@H](O)[C@H](C)O3)C(=O)C[C@](C)(O)C[C@@]12O. The molecule has 4 aliphatic heterocycles. The van der Waals surface area contributed by atoms with Gasteiger partial charge < -0.3 is 68.9 Å². The molecular weight excluding hydrogens is 833 g/mol. The van der Waals surface area contributed by atoms with Crippen LogP contribution in [-0.4, -0.2) is 156 Å². The summed E-state index contributed by atoms with van der Waals surface area (Å²) in [7, 11) is 0. The molecule has 4 saturated heterocycles.